The van der Waals surface area contributed by atoms with Gasteiger partial charge in [0.15, 0.2) is 0 Å². The van der Waals surface area contributed by atoms with Crippen molar-refractivity contribution in [2.75, 3.05) is 5.32 Å². The number of halogens is 1. The molecule has 3 unspecified atom stereocenters. The minimum Gasteiger partial charge on any atom is -0.444 e. The first kappa shape index (κ1) is 32.7. The lowest BCUT2D eigenvalue weighted by Gasteiger charge is -2.38. The number of hydrogen-bond acceptors (Lipinski definition) is 4. The van der Waals surface area contributed by atoms with Gasteiger partial charge >= 0.3 is 6.09 Å². The summed E-state index contributed by atoms with van der Waals surface area (Å²) in [5.41, 5.74) is 3.07. The maximum Gasteiger partial charge on any atom is 0.408 e. The van der Waals surface area contributed by atoms with Gasteiger partial charge in [-0.15, -0.1) is 0 Å². The first-order valence-corrected chi connectivity index (χ1v) is 14.7. The second-order valence-electron chi connectivity index (χ2n) is 11.6. The monoisotopic (exact) mass is 591 g/mol. The molecule has 224 valence electrons. The zero-order valence-corrected chi connectivity index (χ0v) is 26.3. The molecule has 0 fully saturated rings. The van der Waals surface area contributed by atoms with Gasteiger partial charge in [-0.3, -0.25) is 9.59 Å². The summed E-state index contributed by atoms with van der Waals surface area (Å²) in [7, 11) is 0. The van der Waals surface area contributed by atoms with Crippen LogP contribution in [0, 0.1) is 13.8 Å². The van der Waals surface area contributed by atoms with E-state index in [4.69, 9.17) is 16.3 Å². The second kappa shape index (κ2) is 14.4. The molecule has 0 saturated carbocycles. The average molecular weight is 592 g/mol. The highest BCUT2D eigenvalue weighted by Crippen LogP contribution is 2.31. The molecule has 42 heavy (non-hydrogen) atoms. The number of nitrogens with one attached hydrogen (secondary N) is 2. The van der Waals surface area contributed by atoms with Crippen LogP contribution in [-0.4, -0.2) is 40.5 Å². The Kier molecular flexibility index (Phi) is 11.2. The molecule has 0 bridgehead atoms. The van der Waals surface area contributed by atoms with Crippen LogP contribution < -0.4 is 10.6 Å². The van der Waals surface area contributed by atoms with Gasteiger partial charge in [0.2, 0.25) is 5.91 Å². The number of anilines is 1. The molecule has 3 amide bonds. The van der Waals surface area contributed by atoms with Crippen LogP contribution in [0.25, 0.3) is 0 Å². The lowest BCUT2D eigenvalue weighted by molar-refractivity contribution is -0.143. The number of carbonyl (C=O) groups is 3. The van der Waals surface area contributed by atoms with Gasteiger partial charge in [-0.25, -0.2) is 4.79 Å². The average Bonchev–Trinajstić information content (AvgIpc) is 2.92. The fraction of sp³-hybridized carbons (Fsp3) is 0.382. The molecule has 3 atom stereocenters. The van der Waals surface area contributed by atoms with E-state index in [1.807, 2.05) is 94.4 Å². The van der Waals surface area contributed by atoms with Crippen LogP contribution >= 0.6 is 11.6 Å². The summed E-state index contributed by atoms with van der Waals surface area (Å²) in [6.45, 7) is 13.0. The molecule has 0 saturated heterocycles. The highest BCUT2D eigenvalue weighted by atomic mass is 35.5. The van der Waals surface area contributed by atoms with Gasteiger partial charge < -0.3 is 20.3 Å². The van der Waals surface area contributed by atoms with E-state index < -0.39 is 35.6 Å². The fourth-order valence-corrected chi connectivity index (χ4v) is 4.91. The molecule has 0 radical (unpaired) electrons. The van der Waals surface area contributed by atoms with E-state index in [9.17, 15) is 14.4 Å². The van der Waals surface area contributed by atoms with Crippen molar-refractivity contribution in [3.63, 3.8) is 0 Å². The molecular weight excluding hydrogens is 550 g/mol. The van der Waals surface area contributed by atoms with Crippen molar-refractivity contribution >= 4 is 35.2 Å². The molecule has 3 aromatic rings. The van der Waals surface area contributed by atoms with Gasteiger partial charge in [-0.1, -0.05) is 90.8 Å². The predicted octanol–water partition coefficient (Wildman–Crippen LogP) is 7.40. The molecular formula is C34H42ClN3O4. The van der Waals surface area contributed by atoms with E-state index in [0.29, 0.717) is 22.7 Å². The maximum atomic E-state index is 14.6. The lowest BCUT2D eigenvalue weighted by atomic mass is 9.97. The van der Waals surface area contributed by atoms with Crippen molar-refractivity contribution in [2.45, 2.75) is 85.0 Å². The van der Waals surface area contributed by atoms with Crippen LogP contribution in [0.3, 0.4) is 0 Å². The topological polar surface area (TPSA) is 87.7 Å². The quantitative estimate of drug-likeness (QED) is 0.257. The van der Waals surface area contributed by atoms with E-state index in [-0.39, 0.29) is 12.5 Å². The van der Waals surface area contributed by atoms with Gasteiger partial charge in [0, 0.05) is 12.5 Å². The maximum absolute atomic E-state index is 14.6. The third kappa shape index (κ3) is 8.83. The minimum atomic E-state index is -0.998. The van der Waals surface area contributed by atoms with Crippen molar-refractivity contribution in [1.29, 1.82) is 0 Å². The number of benzene rings is 3. The van der Waals surface area contributed by atoms with Crippen LogP contribution in [0.4, 0.5) is 10.5 Å². The van der Waals surface area contributed by atoms with E-state index in [0.717, 1.165) is 16.7 Å². The molecule has 8 heteroatoms. The molecule has 0 spiro atoms. The molecule has 0 heterocycles. The number of aryl methyl sites for hydroxylation is 2. The highest BCUT2D eigenvalue weighted by Gasteiger charge is 2.39. The van der Waals surface area contributed by atoms with E-state index in [1.54, 1.807) is 31.7 Å². The van der Waals surface area contributed by atoms with Crippen LogP contribution in [0.2, 0.25) is 5.02 Å². The summed E-state index contributed by atoms with van der Waals surface area (Å²) in [5.74, 6) is -0.796. The summed E-state index contributed by atoms with van der Waals surface area (Å²) in [6.07, 6.45) is 0.0956. The zero-order chi connectivity index (χ0) is 31.0. The van der Waals surface area contributed by atoms with Crippen LogP contribution in [0.15, 0.2) is 72.8 Å². The Bertz CT molecular complexity index is 1350. The number of carbonyl (C=O) groups excluding carboxylic acids is 3. The van der Waals surface area contributed by atoms with Gasteiger partial charge in [0.05, 0.1) is 10.7 Å². The molecule has 3 aromatic carbocycles. The number of ether oxygens (including phenoxy) is 1. The van der Waals surface area contributed by atoms with Crippen LogP contribution in [0.1, 0.15) is 69.3 Å². The van der Waals surface area contributed by atoms with Gasteiger partial charge in [-0.2, -0.15) is 0 Å². The van der Waals surface area contributed by atoms with E-state index >= 15 is 0 Å². The number of para-hydroxylation sites is 1. The fourth-order valence-electron chi connectivity index (χ4n) is 4.64. The predicted molar refractivity (Wildman–Crippen MR) is 169 cm³/mol. The Labute approximate surface area is 254 Å². The molecule has 2 N–H and O–H groups in total. The molecule has 0 aliphatic carbocycles. The molecule has 3 rings (SSSR count). The van der Waals surface area contributed by atoms with Crippen molar-refractivity contribution < 1.29 is 19.1 Å². The second-order valence-corrected chi connectivity index (χ2v) is 12.0. The Morgan fingerprint density at radius 1 is 0.929 bits per heavy atom. The largest absolute Gasteiger partial charge is 0.444 e. The first-order valence-electron chi connectivity index (χ1n) is 14.3. The Hall–Kier alpha value is -3.84. The third-order valence-corrected chi connectivity index (χ3v) is 7.30. The van der Waals surface area contributed by atoms with Gasteiger partial charge in [0.25, 0.3) is 5.91 Å². The van der Waals surface area contributed by atoms with Gasteiger partial charge in [0.1, 0.15) is 17.7 Å². The SMILES string of the molecule is CCC(C)N(C(=O)C(Cc1ccccc1)NC(=O)OC(C)(C)C)C(C(=O)Nc1c(C)cccc1Cl)c1ccc(C)cc1. The minimum absolute atomic E-state index is 0.220. The highest BCUT2D eigenvalue weighted by molar-refractivity contribution is 6.34. The van der Waals surface area contributed by atoms with Crippen molar-refractivity contribution in [3.8, 4) is 0 Å². The summed E-state index contributed by atoms with van der Waals surface area (Å²) in [5, 5.41) is 6.19. The Morgan fingerprint density at radius 3 is 2.14 bits per heavy atom. The third-order valence-electron chi connectivity index (χ3n) is 6.98. The standard InChI is InChI=1S/C34H42ClN3O4/c1-8-24(4)38(32(40)28(21-25-14-10-9-11-15-25)36-33(41)42-34(5,6)7)30(26-19-17-22(2)18-20-26)31(39)37-29-23(3)13-12-16-27(29)35/h9-20,24,28,30H,8,21H2,1-7H3,(H,36,41)(H,37,39). The number of amides is 3. The molecule has 0 aromatic heterocycles. The molecule has 0 aliphatic rings. The number of nitrogens with zero attached hydrogens (tertiary/aromatic N) is 1. The lowest BCUT2D eigenvalue weighted by Crippen LogP contribution is -2.55. The smallest absolute Gasteiger partial charge is 0.408 e. The van der Waals surface area contributed by atoms with E-state index in [1.165, 1.54) is 0 Å². The summed E-state index contributed by atoms with van der Waals surface area (Å²) in [4.78, 5) is 43.3. The number of rotatable bonds is 10. The van der Waals surface area contributed by atoms with Crippen LogP contribution in [0.5, 0.6) is 0 Å². The van der Waals surface area contributed by atoms with Crippen molar-refractivity contribution in [3.05, 3.63) is 100 Å². The van der Waals surface area contributed by atoms with Crippen LogP contribution in [-0.2, 0) is 20.7 Å². The number of hydrogen-bond donors (Lipinski definition) is 2. The zero-order valence-electron chi connectivity index (χ0n) is 25.5. The normalized spacial score (nSPS) is 13.4. The Balaban J connectivity index is 2.10. The summed E-state index contributed by atoms with van der Waals surface area (Å²) in [6, 6.07) is 20.0. The number of alkyl carbamates (subject to hydrolysis) is 1. The first-order chi connectivity index (χ1) is 19.8. The van der Waals surface area contributed by atoms with Gasteiger partial charge in [-0.05, 0) is 70.7 Å². The Morgan fingerprint density at radius 2 is 1.57 bits per heavy atom. The van der Waals surface area contributed by atoms with E-state index in [2.05, 4.69) is 10.6 Å². The molecule has 0 aliphatic heterocycles. The summed E-state index contributed by atoms with van der Waals surface area (Å²) < 4.78 is 5.52. The molecule has 7 nitrogen and oxygen atoms in total. The van der Waals surface area contributed by atoms with Crippen molar-refractivity contribution in [2.24, 2.45) is 0 Å². The van der Waals surface area contributed by atoms with Crippen molar-refractivity contribution in [1.82, 2.24) is 10.2 Å². The summed E-state index contributed by atoms with van der Waals surface area (Å²) >= 11 is 6.47.